The largest absolute Gasteiger partial charge is 0.507 e. The van der Waals surface area contributed by atoms with Gasteiger partial charge in [0.05, 0.1) is 25.3 Å². The van der Waals surface area contributed by atoms with Crippen LogP contribution in [0.4, 0.5) is 4.39 Å². The van der Waals surface area contributed by atoms with Crippen LogP contribution in [0.3, 0.4) is 0 Å². The fourth-order valence-electron chi connectivity index (χ4n) is 3.71. The standard InChI is InChI=1S/C24H19FN2O4/c1-31-19-7-3-2-5-17(19)14-27-21(16-6-4-12-26-13-16)20(23(29)24(27)30)22(28)15-8-10-18(25)11-9-15/h2-13,21,28H,14H2,1H3/b22-20+. The van der Waals surface area contributed by atoms with Gasteiger partial charge in [-0.05, 0) is 42.0 Å². The number of aliphatic hydroxyl groups excluding tert-OH is 1. The summed E-state index contributed by atoms with van der Waals surface area (Å²) in [6, 6.07) is 14.8. The normalized spacial score (nSPS) is 17.7. The molecule has 156 valence electrons. The summed E-state index contributed by atoms with van der Waals surface area (Å²) in [6.45, 7) is 0.0916. The van der Waals surface area contributed by atoms with Crippen molar-refractivity contribution in [1.29, 1.82) is 0 Å². The zero-order chi connectivity index (χ0) is 22.0. The first-order chi connectivity index (χ1) is 15.0. The quantitative estimate of drug-likeness (QED) is 0.387. The molecule has 1 aliphatic heterocycles. The molecule has 1 amide bonds. The molecule has 2 aromatic carbocycles. The Morgan fingerprint density at radius 1 is 1.10 bits per heavy atom. The molecule has 1 N–H and O–H groups in total. The molecule has 31 heavy (non-hydrogen) atoms. The van der Waals surface area contributed by atoms with Gasteiger partial charge in [-0.3, -0.25) is 14.6 Å². The van der Waals surface area contributed by atoms with E-state index in [9.17, 15) is 19.1 Å². The van der Waals surface area contributed by atoms with Crippen LogP contribution in [0.2, 0.25) is 0 Å². The highest BCUT2D eigenvalue weighted by Gasteiger charge is 2.46. The van der Waals surface area contributed by atoms with Gasteiger partial charge in [-0.2, -0.15) is 0 Å². The molecule has 2 heterocycles. The summed E-state index contributed by atoms with van der Waals surface area (Å²) in [7, 11) is 1.53. The van der Waals surface area contributed by atoms with E-state index in [4.69, 9.17) is 4.74 Å². The lowest BCUT2D eigenvalue weighted by atomic mass is 9.96. The van der Waals surface area contributed by atoms with Crippen LogP contribution >= 0.6 is 0 Å². The number of halogens is 1. The highest BCUT2D eigenvalue weighted by atomic mass is 19.1. The van der Waals surface area contributed by atoms with E-state index in [-0.39, 0.29) is 23.4 Å². The Bertz CT molecular complexity index is 1160. The molecule has 0 radical (unpaired) electrons. The molecule has 6 nitrogen and oxygen atoms in total. The molecule has 1 unspecified atom stereocenters. The number of para-hydroxylation sites is 1. The number of benzene rings is 2. The van der Waals surface area contributed by atoms with E-state index in [1.807, 2.05) is 12.1 Å². The number of hydrogen-bond acceptors (Lipinski definition) is 5. The molecule has 1 aliphatic rings. The average Bonchev–Trinajstić information content (AvgIpc) is 3.05. The fraction of sp³-hybridized carbons (Fsp3) is 0.125. The Labute approximate surface area is 178 Å². The van der Waals surface area contributed by atoms with E-state index in [1.165, 1.54) is 36.3 Å². The minimum Gasteiger partial charge on any atom is -0.507 e. The molecule has 0 bridgehead atoms. The molecule has 1 saturated heterocycles. The number of methoxy groups -OCH3 is 1. The SMILES string of the molecule is COc1ccccc1CN1C(=O)C(=O)/C(=C(/O)c2ccc(F)cc2)C1c1cccnc1. The number of carbonyl (C=O) groups is 2. The molecule has 1 aromatic heterocycles. The predicted molar refractivity (Wildman–Crippen MR) is 111 cm³/mol. The van der Waals surface area contributed by atoms with Crippen molar-refractivity contribution in [2.24, 2.45) is 0 Å². The summed E-state index contributed by atoms with van der Waals surface area (Å²) in [6.07, 6.45) is 3.12. The topological polar surface area (TPSA) is 79.7 Å². The highest BCUT2D eigenvalue weighted by molar-refractivity contribution is 6.46. The number of hydrogen-bond donors (Lipinski definition) is 1. The number of likely N-dealkylation sites (tertiary alicyclic amines) is 1. The second-order valence-electron chi connectivity index (χ2n) is 7.03. The van der Waals surface area contributed by atoms with Gasteiger partial charge in [-0.15, -0.1) is 0 Å². The Kier molecular flexibility index (Phi) is 5.49. The van der Waals surface area contributed by atoms with Gasteiger partial charge in [-0.25, -0.2) is 4.39 Å². The first-order valence-electron chi connectivity index (χ1n) is 9.57. The minimum absolute atomic E-state index is 0.0699. The van der Waals surface area contributed by atoms with Gasteiger partial charge in [-0.1, -0.05) is 24.3 Å². The first kappa shape index (κ1) is 20.3. The van der Waals surface area contributed by atoms with Gasteiger partial charge >= 0.3 is 0 Å². The first-order valence-corrected chi connectivity index (χ1v) is 9.57. The third kappa shape index (κ3) is 3.77. The van der Waals surface area contributed by atoms with Crippen molar-refractivity contribution in [3.05, 3.63) is 101 Å². The maximum Gasteiger partial charge on any atom is 0.295 e. The summed E-state index contributed by atoms with van der Waals surface area (Å²) >= 11 is 0. The number of amides is 1. The van der Waals surface area contributed by atoms with Crippen molar-refractivity contribution in [2.45, 2.75) is 12.6 Å². The third-order valence-corrected chi connectivity index (χ3v) is 5.19. The fourth-order valence-corrected chi connectivity index (χ4v) is 3.71. The van der Waals surface area contributed by atoms with Crippen LogP contribution in [0.15, 0.2) is 78.6 Å². The molecule has 0 saturated carbocycles. The molecule has 0 spiro atoms. The number of rotatable bonds is 5. The van der Waals surface area contributed by atoms with Crippen molar-refractivity contribution in [1.82, 2.24) is 9.88 Å². The van der Waals surface area contributed by atoms with E-state index in [2.05, 4.69) is 4.98 Å². The van der Waals surface area contributed by atoms with Gasteiger partial charge < -0.3 is 14.7 Å². The predicted octanol–water partition coefficient (Wildman–Crippen LogP) is 3.85. The van der Waals surface area contributed by atoms with Crippen LogP contribution < -0.4 is 4.74 Å². The third-order valence-electron chi connectivity index (χ3n) is 5.19. The number of aliphatic hydroxyl groups is 1. The highest BCUT2D eigenvalue weighted by Crippen LogP contribution is 2.40. The van der Waals surface area contributed by atoms with Crippen molar-refractivity contribution in [3.8, 4) is 5.75 Å². The van der Waals surface area contributed by atoms with Gasteiger partial charge in [0.15, 0.2) is 0 Å². The number of ether oxygens (including phenoxy) is 1. The maximum atomic E-state index is 13.3. The lowest BCUT2D eigenvalue weighted by molar-refractivity contribution is -0.140. The van der Waals surface area contributed by atoms with Gasteiger partial charge in [0, 0.05) is 23.5 Å². The van der Waals surface area contributed by atoms with E-state index < -0.39 is 23.5 Å². The van der Waals surface area contributed by atoms with Crippen molar-refractivity contribution in [3.63, 3.8) is 0 Å². The monoisotopic (exact) mass is 418 g/mol. The lowest BCUT2D eigenvalue weighted by Gasteiger charge is -2.25. The van der Waals surface area contributed by atoms with E-state index in [0.29, 0.717) is 16.9 Å². The van der Waals surface area contributed by atoms with Gasteiger partial charge in [0.25, 0.3) is 11.7 Å². The Morgan fingerprint density at radius 2 is 1.84 bits per heavy atom. The van der Waals surface area contributed by atoms with Gasteiger partial charge in [0.2, 0.25) is 0 Å². The van der Waals surface area contributed by atoms with Crippen molar-refractivity contribution < 1.29 is 23.8 Å². The molecule has 0 aliphatic carbocycles. The zero-order valence-corrected chi connectivity index (χ0v) is 16.7. The molecular formula is C24H19FN2O4. The number of nitrogens with zero attached hydrogens (tertiary/aromatic N) is 2. The molecule has 3 aromatic rings. The number of ketones is 1. The summed E-state index contributed by atoms with van der Waals surface area (Å²) in [5.74, 6) is -1.83. The molecule has 1 fully saturated rings. The minimum atomic E-state index is -0.858. The molecule has 4 rings (SSSR count). The number of carbonyl (C=O) groups excluding carboxylic acids is 2. The Hall–Kier alpha value is -4.00. The molecule has 7 heteroatoms. The second-order valence-corrected chi connectivity index (χ2v) is 7.03. The van der Waals surface area contributed by atoms with E-state index >= 15 is 0 Å². The zero-order valence-electron chi connectivity index (χ0n) is 16.7. The number of pyridine rings is 1. The van der Waals surface area contributed by atoms with Crippen LogP contribution in [-0.2, 0) is 16.1 Å². The smallest absolute Gasteiger partial charge is 0.295 e. The van der Waals surface area contributed by atoms with Gasteiger partial charge in [0.1, 0.15) is 17.3 Å². The summed E-state index contributed by atoms with van der Waals surface area (Å²) < 4.78 is 18.7. The van der Waals surface area contributed by atoms with Crippen LogP contribution in [0.25, 0.3) is 5.76 Å². The molecule has 1 atom stereocenters. The summed E-state index contributed by atoms with van der Waals surface area (Å²) in [4.78, 5) is 31.5. The molecular weight excluding hydrogens is 399 g/mol. The van der Waals surface area contributed by atoms with Crippen LogP contribution in [0.1, 0.15) is 22.7 Å². The van der Waals surface area contributed by atoms with Crippen molar-refractivity contribution >= 4 is 17.4 Å². The van der Waals surface area contributed by atoms with E-state index in [1.54, 1.807) is 36.7 Å². The Morgan fingerprint density at radius 3 is 2.52 bits per heavy atom. The summed E-state index contributed by atoms with van der Waals surface area (Å²) in [5, 5.41) is 10.9. The number of aromatic nitrogens is 1. The van der Waals surface area contributed by atoms with Crippen LogP contribution in [0.5, 0.6) is 5.75 Å². The number of Topliss-reactive ketones (excluding diaryl/α,β-unsaturated/α-hetero) is 1. The second kappa shape index (κ2) is 8.39. The van der Waals surface area contributed by atoms with Crippen molar-refractivity contribution in [2.75, 3.05) is 7.11 Å². The maximum absolute atomic E-state index is 13.3. The summed E-state index contributed by atoms with van der Waals surface area (Å²) in [5.41, 5.74) is 1.45. The lowest BCUT2D eigenvalue weighted by Crippen LogP contribution is -2.29. The average molecular weight is 418 g/mol. The Balaban J connectivity index is 1.85. The van der Waals surface area contributed by atoms with Crippen LogP contribution in [-0.4, -0.2) is 33.8 Å². The van der Waals surface area contributed by atoms with Crippen LogP contribution in [0, 0.1) is 5.82 Å². The van der Waals surface area contributed by atoms with E-state index in [0.717, 1.165) is 0 Å².